The van der Waals surface area contributed by atoms with Gasteiger partial charge in [-0.3, -0.25) is 15.1 Å². The number of hydrogen-bond acceptors (Lipinski definition) is 3. The zero-order valence-electron chi connectivity index (χ0n) is 12.0. The van der Waals surface area contributed by atoms with Gasteiger partial charge in [-0.25, -0.2) is 0 Å². The van der Waals surface area contributed by atoms with E-state index in [1.807, 2.05) is 24.4 Å². The molecular weight excluding hydrogens is 264 g/mol. The normalized spacial score (nSPS) is 10.9. The number of unbranched alkanes of at least 4 members (excludes halogenated alkanes) is 1. The smallest absolute Gasteiger partial charge is 0.258 e. The fourth-order valence-corrected chi connectivity index (χ4v) is 2.06. The van der Waals surface area contributed by atoms with E-state index in [1.165, 1.54) is 17.7 Å². The molecule has 0 aliphatic carbocycles. The van der Waals surface area contributed by atoms with Crippen molar-refractivity contribution in [1.29, 1.82) is 0 Å². The van der Waals surface area contributed by atoms with Gasteiger partial charge in [0.15, 0.2) is 0 Å². The summed E-state index contributed by atoms with van der Waals surface area (Å²) in [6, 6.07) is 14.4. The van der Waals surface area contributed by atoms with Gasteiger partial charge in [0.25, 0.3) is 5.69 Å². The van der Waals surface area contributed by atoms with E-state index < -0.39 is 4.92 Å². The maximum absolute atomic E-state index is 10.6. The van der Waals surface area contributed by atoms with E-state index in [2.05, 4.69) is 18.0 Å². The first kappa shape index (κ1) is 14.9. The third-order valence-corrected chi connectivity index (χ3v) is 3.27. The Balaban J connectivity index is 2.15. The van der Waals surface area contributed by atoms with Crippen molar-refractivity contribution in [1.82, 2.24) is 0 Å². The summed E-state index contributed by atoms with van der Waals surface area (Å²) in [5.74, 6) is 0. The van der Waals surface area contributed by atoms with Crippen LogP contribution in [0.15, 0.2) is 53.5 Å². The van der Waals surface area contributed by atoms with Gasteiger partial charge in [0.1, 0.15) is 0 Å². The maximum Gasteiger partial charge on any atom is 0.269 e. The number of benzene rings is 2. The number of aryl methyl sites for hydroxylation is 1. The van der Waals surface area contributed by atoms with E-state index in [-0.39, 0.29) is 5.69 Å². The highest BCUT2D eigenvalue weighted by molar-refractivity contribution is 5.83. The Hall–Kier alpha value is -2.49. The van der Waals surface area contributed by atoms with Crippen molar-refractivity contribution in [2.24, 2.45) is 4.99 Å². The molecule has 0 radical (unpaired) electrons. The molecule has 0 aliphatic rings. The Bertz CT molecular complexity index is 633. The third-order valence-electron chi connectivity index (χ3n) is 3.27. The summed E-state index contributed by atoms with van der Waals surface area (Å²) in [5, 5.41) is 10.6. The second kappa shape index (κ2) is 7.33. The van der Waals surface area contributed by atoms with E-state index in [1.54, 1.807) is 12.1 Å². The lowest BCUT2D eigenvalue weighted by molar-refractivity contribution is -0.384. The predicted octanol–water partition coefficient (Wildman–Crippen LogP) is 4.69. The first-order valence-corrected chi connectivity index (χ1v) is 7.07. The Kier molecular flexibility index (Phi) is 5.21. The van der Waals surface area contributed by atoms with Crippen LogP contribution in [-0.2, 0) is 6.42 Å². The summed E-state index contributed by atoms with van der Waals surface area (Å²) in [7, 11) is 0. The molecule has 0 heterocycles. The Morgan fingerprint density at radius 1 is 1.14 bits per heavy atom. The number of nitro benzene ring substituents is 1. The molecule has 0 unspecified atom stereocenters. The summed E-state index contributed by atoms with van der Waals surface area (Å²) in [6.45, 7) is 2.17. The van der Waals surface area contributed by atoms with Crippen molar-refractivity contribution < 1.29 is 4.92 Å². The number of hydrogen-bond donors (Lipinski definition) is 0. The van der Waals surface area contributed by atoms with Crippen LogP contribution in [0.25, 0.3) is 0 Å². The fraction of sp³-hybridized carbons (Fsp3) is 0.235. The van der Waals surface area contributed by atoms with Gasteiger partial charge in [0.05, 0.1) is 10.6 Å². The molecule has 0 atom stereocenters. The molecule has 0 spiro atoms. The molecule has 0 amide bonds. The Morgan fingerprint density at radius 2 is 1.86 bits per heavy atom. The standard InChI is InChI=1S/C17H18N2O2/c1-2-3-6-14-7-4-5-8-15(14)13-18-16-9-11-17(12-10-16)19(20)21/h4-5,7-13H,2-3,6H2,1H3/b18-13-. The third kappa shape index (κ3) is 4.24. The molecule has 0 N–H and O–H groups in total. The van der Waals surface area contributed by atoms with Crippen LogP contribution in [0.4, 0.5) is 11.4 Å². The lowest BCUT2D eigenvalue weighted by Crippen LogP contribution is -1.92. The predicted molar refractivity (Wildman–Crippen MR) is 85.4 cm³/mol. The first-order valence-electron chi connectivity index (χ1n) is 7.07. The molecule has 0 aliphatic heterocycles. The van der Waals surface area contributed by atoms with Gasteiger partial charge >= 0.3 is 0 Å². The zero-order chi connectivity index (χ0) is 15.1. The second-order valence-electron chi connectivity index (χ2n) is 4.83. The van der Waals surface area contributed by atoms with Gasteiger partial charge in [-0.2, -0.15) is 0 Å². The lowest BCUT2D eigenvalue weighted by Gasteiger charge is -2.04. The number of non-ortho nitro benzene ring substituents is 1. The molecule has 2 aromatic rings. The van der Waals surface area contributed by atoms with Crippen LogP contribution in [-0.4, -0.2) is 11.1 Å². The van der Waals surface area contributed by atoms with E-state index in [4.69, 9.17) is 0 Å². The molecule has 21 heavy (non-hydrogen) atoms. The van der Waals surface area contributed by atoms with Crippen LogP contribution in [0.3, 0.4) is 0 Å². The summed E-state index contributed by atoms with van der Waals surface area (Å²) in [5.41, 5.74) is 3.18. The van der Waals surface area contributed by atoms with Crippen molar-refractivity contribution in [2.75, 3.05) is 0 Å². The molecule has 4 nitrogen and oxygen atoms in total. The maximum atomic E-state index is 10.6. The molecule has 108 valence electrons. The average molecular weight is 282 g/mol. The van der Waals surface area contributed by atoms with Crippen LogP contribution in [0, 0.1) is 10.1 Å². The van der Waals surface area contributed by atoms with Crippen molar-refractivity contribution in [3.8, 4) is 0 Å². The van der Waals surface area contributed by atoms with Gasteiger partial charge in [-0.1, -0.05) is 37.6 Å². The Morgan fingerprint density at radius 3 is 2.52 bits per heavy atom. The molecule has 2 aromatic carbocycles. The molecule has 4 heteroatoms. The molecular formula is C17H18N2O2. The molecule has 0 bridgehead atoms. The topological polar surface area (TPSA) is 55.5 Å². The minimum atomic E-state index is -0.409. The minimum absolute atomic E-state index is 0.0808. The van der Waals surface area contributed by atoms with Gasteiger partial charge in [0, 0.05) is 18.3 Å². The van der Waals surface area contributed by atoms with Crippen LogP contribution in [0.1, 0.15) is 30.9 Å². The summed E-state index contributed by atoms with van der Waals surface area (Å²) >= 11 is 0. The highest BCUT2D eigenvalue weighted by atomic mass is 16.6. The van der Waals surface area contributed by atoms with E-state index >= 15 is 0 Å². The summed E-state index contributed by atoms with van der Waals surface area (Å²) in [6.07, 6.45) is 5.18. The van der Waals surface area contributed by atoms with Crippen molar-refractivity contribution in [3.05, 3.63) is 69.8 Å². The largest absolute Gasteiger partial charge is 0.269 e. The molecule has 0 aromatic heterocycles. The fourth-order valence-electron chi connectivity index (χ4n) is 2.06. The number of nitro groups is 1. The van der Waals surface area contributed by atoms with Gasteiger partial charge < -0.3 is 0 Å². The zero-order valence-corrected chi connectivity index (χ0v) is 12.0. The molecule has 0 fully saturated rings. The van der Waals surface area contributed by atoms with Gasteiger partial charge in [-0.15, -0.1) is 0 Å². The monoisotopic (exact) mass is 282 g/mol. The first-order chi connectivity index (χ1) is 10.2. The van der Waals surface area contributed by atoms with Crippen molar-refractivity contribution >= 4 is 17.6 Å². The average Bonchev–Trinajstić information content (AvgIpc) is 2.52. The molecule has 0 saturated carbocycles. The quantitative estimate of drug-likeness (QED) is 0.438. The number of rotatable bonds is 6. The highest BCUT2D eigenvalue weighted by Crippen LogP contribution is 2.18. The SMILES string of the molecule is CCCCc1ccccc1/C=N\c1ccc([N+](=O)[O-])cc1. The molecule has 0 saturated heterocycles. The number of aliphatic imine (C=N–C) groups is 1. The summed E-state index contributed by atoms with van der Waals surface area (Å²) in [4.78, 5) is 14.6. The van der Waals surface area contributed by atoms with Crippen molar-refractivity contribution in [3.63, 3.8) is 0 Å². The van der Waals surface area contributed by atoms with E-state index in [0.29, 0.717) is 5.69 Å². The lowest BCUT2D eigenvalue weighted by atomic mass is 10.0. The highest BCUT2D eigenvalue weighted by Gasteiger charge is 2.03. The van der Waals surface area contributed by atoms with Crippen LogP contribution in [0.2, 0.25) is 0 Å². The van der Waals surface area contributed by atoms with E-state index in [9.17, 15) is 10.1 Å². The van der Waals surface area contributed by atoms with Gasteiger partial charge in [-0.05, 0) is 36.1 Å². The van der Waals surface area contributed by atoms with Crippen LogP contribution >= 0.6 is 0 Å². The Labute approximate surface area is 124 Å². The van der Waals surface area contributed by atoms with E-state index in [0.717, 1.165) is 24.8 Å². The minimum Gasteiger partial charge on any atom is -0.258 e. The second-order valence-corrected chi connectivity index (χ2v) is 4.83. The van der Waals surface area contributed by atoms with Crippen LogP contribution < -0.4 is 0 Å². The van der Waals surface area contributed by atoms with Crippen molar-refractivity contribution in [2.45, 2.75) is 26.2 Å². The molecule has 2 rings (SSSR count). The van der Waals surface area contributed by atoms with Gasteiger partial charge in [0.2, 0.25) is 0 Å². The van der Waals surface area contributed by atoms with Crippen LogP contribution in [0.5, 0.6) is 0 Å². The number of nitrogens with zero attached hydrogens (tertiary/aromatic N) is 2. The summed E-state index contributed by atoms with van der Waals surface area (Å²) < 4.78 is 0.